The fourth-order valence-corrected chi connectivity index (χ4v) is 9.05. The molecule has 0 aromatic heterocycles. The van der Waals surface area contributed by atoms with E-state index in [1.807, 2.05) is 36.4 Å². The Hall–Kier alpha value is -3.71. The van der Waals surface area contributed by atoms with E-state index in [1.165, 1.54) is 17.7 Å². The Morgan fingerprint density at radius 2 is 1.62 bits per heavy atom. The third-order valence-corrected chi connectivity index (χ3v) is 11.0. The number of benzene rings is 3. The first kappa shape index (κ1) is 24.8. The molecular weight excluding hydrogens is 531 g/mol. The minimum atomic E-state index is -1.18. The lowest BCUT2D eigenvalue weighted by Crippen LogP contribution is -2.73. The summed E-state index contributed by atoms with van der Waals surface area (Å²) >= 11 is 0. The van der Waals surface area contributed by atoms with E-state index in [0.29, 0.717) is 48.1 Å². The first-order valence-corrected chi connectivity index (χ1v) is 15.4. The molecule has 6 atom stereocenters. The number of amides is 2. The molecule has 2 saturated carbocycles. The van der Waals surface area contributed by atoms with E-state index in [2.05, 4.69) is 11.0 Å². The molecule has 42 heavy (non-hydrogen) atoms. The van der Waals surface area contributed by atoms with Crippen molar-refractivity contribution in [3.05, 3.63) is 94.5 Å². The van der Waals surface area contributed by atoms with Crippen molar-refractivity contribution < 1.29 is 23.5 Å². The third-order valence-electron chi connectivity index (χ3n) is 11.0. The van der Waals surface area contributed by atoms with Crippen molar-refractivity contribution in [2.75, 3.05) is 13.1 Å². The second-order valence-corrected chi connectivity index (χ2v) is 13.1. The van der Waals surface area contributed by atoms with Gasteiger partial charge in [0.05, 0.1) is 22.6 Å². The molecule has 1 spiro atoms. The molecule has 214 valence electrons. The molecule has 3 aliphatic heterocycles. The Bertz CT molecular complexity index is 1590. The Morgan fingerprint density at radius 3 is 2.36 bits per heavy atom. The number of nitrogens with zero attached hydrogens (tertiary/aromatic N) is 2. The standard InChI is InChI=1S/C35H33FN2O4/c36-29-18-37(17-20-10-11-20)27-16-22-12-15-28(41-19-21-6-2-1-3-7-21)31-30(22)35(29)25(27)13-14-26(32(35)42-31)38-33(39)23-8-4-5-9-24(23)34(38)40/h1-9,12,15,20,25-27,29,32H,10-11,13-14,16-19H2/t25?,26-,27-,29-,32+,35+/m1/s1. The molecule has 0 radical (unpaired) electrons. The van der Waals surface area contributed by atoms with Gasteiger partial charge in [-0.3, -0.25) is 19.4 Å². The number of piperidine rings is 1. The van der Waals surface area contributed by atoms with Gasteiger partial charge in [0.25, 0.3) is 11.8 Å². The second kappa shape index (κ2) is 8.90. The van der Waals surface area contributed by atoms with Crippen LogP contribution in [-0.4, -0.2) is 59.1 Å². The minimum absolute atomic E-state index is 0.0505. The van der Waals surface area contributed by atoms with Crippen LogP contribution in [0.4, 0.5) is 4.39 Å². The lowest BCUT2D eigenvalue weighted by atomic mass is 9.50. The minimum Gasteiger partial charge on any atom is -0.485 e. The van der Waals surface area contributed by atoms with E-state index in [9.17, 15) is 9.59 Å². The number of fused-ring (bicyclic) bond motifs is 1. The zero-order valence-corrected chi connectivity index (χ0v) is 23.4. The average Bonchev–Trinajstić information content (AvgIpc) is 3.70. The van der Waals surface area contributed by atoms with Crippen molar-refractivity contribution in [2.45, 2.75) is 68.5 Å². The van der Waals surface area contributed by atoms with Gasteiger partial charge in [-0.15, -0.1) is 0 Å². The molecule has 1 saturated heterocycles. The quantitative estimate of drug-likeness (QED) is 0.379. The molecule has 3 fully saturated rings. The zero-order valence-electron chi connectivity index (χ0n) is 23.4. The van der Waals surface area contributed by atoms with Gasteiger partial charge in [-0.2, -0.15) is 0 Å². The first-order valence-electron chi connectivity index (χ1n) is 15.4. The summed E-state index contributed by atoms with van der Waals surface area (Å²) in [4.78, 5) is 31.2. The molecule has 2 bridgehead atoms. The van der Waals surface area contributed by atoms with Crippen LogP contribution in [0.3, 0.4) is 0 Å². The number of alkyl halides is 1. The zero-order chi connectivity index (χ0) is 28.2. The van der Waals surface area contributed by atoms with Gasteiger partial charge in [-0.25, -0.2) is 4.39 Å². The summed E-state index contributed by atoms with van der Waals surface area (Å²) < 4.78 is 30.5. The topological polar surface area (TPSA) is 59.1 Å². The first-order chi connectivity index (χ1) is 20.6. The molecule has 3 heterocycles. The fraction of sp³-hybridized carbons (Fsp3) is 0.429. The molecule has 2 amide bonds. The summed E-state index contributed by atoms with van der Waals surface area (Å²) in [6, 6.07) is 20.7. The predicted molar refractivity (Wildman–Crippen MR) is 153 cm³/mol. The number of rotatable bonds is 6. The van der Waals surface area contributed by atoms with Gasteiger partial charge < -0.3 is 9.47 Å². The highest BCUT2D eigenvalue weighted by molar-refractivity contribution is 6.21. The Labute approximate surface area is 244 Å². The van der Waals surface area contributed by atoms with Crippen molar-refractivity contribution in [1.82, 2.24) is 9.80 Å². The molecule has 6 nitrogen and oxygen atoms in total. The van der Waals surface area contributed by atoms with E-state index in [-0.39, 0.29) is 23.8 Å². The van der Waals surface area contributed by atoms with Crippen LogP contribution in [0.1, 0.15) is 63.1 Å². The lowest BCUT2D eigenvalue weighted by molar-refractivity contribution is -0.118. The van der Waals surface area contributed by atoms with Crippen LogP contribution >= 0.6 is 0 Å². The van der Waals surface area contributed by atoms with Crippen molar-refractivity contribution in [2.24, 2.45) is 11.8 Å². The SMILES string of the molecule is O=C1c2ccccc2C(=O)N1[C@@H]1CCC2[C@H]3Cc4ccc(OCc5ccccc5)c5c4[C@]2([C@H](F)CN3CC2CC2)[C@H]1O5. The highest BCUT2D eigenvalue weighted by Crippen LogP contribution is 2.65. The maximum absolute atomic E-state index is 17.2. The third kappa shape index (κ3) is 3.29. The number of hydrogen-bond acceptors (Lipinski definition) is 5. The van der Waals surface area contributed by atoms with Crippen LogP contribution in [0.5, 0.6) is 11.5 Å². The van der Waals surface area contributed by atoms with Gasteiger partial charge in [0, 0.05) is 24.7 Å². The normalized spacial score (nSPS) is 32.4. The maximum Gasteiger partial charge on any atom is 0.261 e. The molecule has 3 aromatic carbocycles. The molecular formula is C35H33FN2O4. The van der Waals surface area contributed by atoms with Gasteiger partial charge in [-0.1, -0.05) is 48.5 Å². The predicted octanol–water partition coefficient (Wildman–Crippen LogP) is 5.33. The fourth-order valence-electron chi connectivity index (χ4n) is 9.05. The van der Waals surface area contributed by atoms with E-state index < -0.39 is 23.7 Å². The number of carbonyl (C=O) groups is 2. The van der Waals surface area contributed by atoms with E-state index >= 15 is 4.39 Å². The lowest BCUT2D eigenvalue weighted by Gasteiger charge is -2.61. The average molecular weight is 565 g/mol. The van der Waals surface area contributed by atoms with Gasteiger partial charge in [0.2, 0.25) is 0 Å². The summed E-state index contributed by atoms with van der Waals surface area (Å²) in [5.74, 6) is 1.33. The van der Waals surface area contributed by atoms with Crippen molar-refractivity contribution in [3.8, 4) is 11.5 Å². The smallest absolute Gasteiger partial charge is 0.261 e. The molecule has 3 aromatic rings. The van der Waals surface area contributed by atoms with Gasteiger partial charge in [0.1, 0.15) is 18.9 Å². The summed E-state index contributed by atoms with van der Waals surface area (Å²) in [6.45, 7) is 1.68. The van der Waals surface area contributed by atoms with Gasteiger partial charge >= 0.3 is 0 Å². The molecule has 0 N–H and O–H groups in total. The number of imide groups is 1. The summed E-state index contributed by atoms with van der Waals surface area (Å²) in [5, 5.41) is 0. The van der Waals surface area contributed by atoms with Crippen molar-refractivity contribution in [1.29, 1.82) is 0 Å². The maximum atomic E-state index is 17.2. The van der Waals surface area contributed by atoms with E-state index in [1.54, 1.807) is 24.3 Å². The number of halogens is 1. The largest absolute Gasteiger partial charge is 0.485 e. The summed E-state index contributed by atoms with van der Waals surface area (Å²) in [6.07, 6.45) is 2.84. The second-order valence-electron chi connectivity index (χ2n) is 13.1. The number of hydrogen-bond donors (Lipinski definition) is 0. The number of carbonyl (C=O) groups excluding carboxylic acids is 2. The van der Waals surface area contributed by atoms with Crippen LogP contribution in [0.2, 0.25) is 0 Å². The van der Waals surface area contributed by atoms with Crippen LogP contribution < -0.4 is 9.47 Å². The summed E-state index contributed by atoms with van der Waals surface area (Å²) in [5.41, 5.74) is 3.00. The van der Waals surface area contributed by atoms with Crippen LogP contribution in [0.15, 0.2) is 66.7 Å². The molecule has 9 rings (SSSR count). The molecule has 6 aliphatic rings. The van der Waals surface area contributed by atoms with Crippen LogP contribution in [-0.2, 0) is 18.4 Å². The molecule has 7 heteroatoms. The van der Waals surface area contributed by atoms with Crippen molar-refractivity contribution in [3.63, 3.8) is 0 Å². The van der Waals surface area contributed by atoms with Crippen LogP contribution in [0.25, 0.3) is 0 Å². The monoisotopic (exact) mass is 564 g/mol. The Kier molecular flexibility index (Phi) is 5.26. The van der Waals surface area contributed by atoms with Gasteiger partial charge in [-0.05, 0) is 73.3 Å². The highest BCUT2D eigenvalue weighted by Gasteiger charge is 2.71. The van der Waals surface area contributed by atoms with Gasteiger partial charge in [0.15, 0.2) is 11.5 Å². The summed E-state index contributed by atoms with van der Waals surface area (Å²) in [7, 11) is 0. The number of ether oxygens (including phenoxy) is 2. The van der Waals surface area contributed by atoms with Crippen molar-refractivity contribution >= 4 is 11.8 Å². The highest BCUT2D eigenvalue weighted by atomic mass is 19.1. The Balaban J connectivity index is 1.16. The molecule has 3 aliphatic carbocycles. The van der Waals surface area contributed by atoms with E-state index in [0.717, 1.165) is 36.1 Å². The molecule has 1 unspecified atom stereocenters. The Morgan fingerprint density at radius 1 is 0.881 bits per heavy atom. The van der Waals surface area contributed by atoms with E-state index in [4.69, 9.17) is 9.47 Å². The van der Waals surface area contributed by atoms with Crippen LogP contribution in [0, 0.1) is 11.8 Å². The number of likely N-dealkylation sites (tertiary alicyclic amines) is 1.